The third kappa shape index (κ3) is 4.98. The molecule has 0 spiro atoms. The van der Waals surface area contributed by atoms with Gasteiger partial charge in [-0.05, 0) is 36.6 Å². The van der Waals surface area contributed by atoms with Crippen LogP contribution in [0.1, 0.15) is 24.2 Å². The molecule has 0 amide bonds. The summed E-state index contributed by atoms with van der Waals surface area (Å²) in [5.74, 6) is 1.47. The maximum Gasteiger partial charge on any atom is 0.160 e. The van der Waals surface area contributed by atoms with E-state index in [9.17, 15) is 5.11 Å². The van der Waals surface area contributed by atoms with Crippen molar-refractivity contribution < 1.29 is 14.6 Å². The molecule has 2 atom stereocenters. The van der Waals surface area contributed by atoms with Crippen LogP contribution in [-0.2, 0) is 6.42 Å². The molecule has 124 valence electrons. The molecule has 2 rings (SSSR count). The maximum absolute atomic E-state index is 10.2. The van der Waals surface area contributed by atoms with Gasteiger partial charge in [0.05, 0.1) is 20.3 Å². The highest BCUT2D eigenvalue weighted by atomic mass is 16.5. The molecule has 0 saturated carbocycles. The van der Waals surface area contributed by atoms with Gasteiger partial charge in [-0.15, -0.1) is 0 Å². The van der Waals surface area contributed by atoms with Crippen molar-refractivity contribution in [3.63, 3.8) is 0 Å². The quantitative estimate of drug-likeness (QED) is 0.786. The van der Waals surface area contributed by atoms with Gasteiger partial charge >= 0.3 is 0 Å². The Morgan fingerprint density at radius 2 is 1.70 bits per heavy atom. The lowest BCUT2D eigenvalue weighted by atomic mass is 10.1. The largest absolute Gasteiger partial charge is 0.493 e. The van der Waals surface area contributed by atoms with Gasteiger partial charge in [-0.25, -0.2) is 0 Å². The van der Waals surface area contributed by atoms with Crippen LogP contribution < -0.4 is 14.8 Å². The molecule has 23 heavy (non-hydrogen) atoms. The third-order valence-corrected chi connectivity index (χ3v) is 3.83. The lowest BCUT2D eigenvalue weighted by Crippen LogP contribution is -2.32. The first-order valence-electron chi connectivity index (χ1n) is 7.81. The van der Waals surface area contributed by atoms with Gasteiger partial charge in [-0.1, -0.05) is 36.4 Å². The van der Waals surface area contributed by atoms with Crippen LogP contribution in [0.25, 0.3) is 0 Å². The first-order chi connectivity index (χ1) is 11.1. The number of methoxy groups -OCH3 is 2. The molecule has 0 aliphatic rings. The van der Waals surface area contributed by atoms with Gasteiger partial charge in [0, 0.05) is 12.6 Å². The van der Waals surface area contributed by atoms with Crippen molar-refractivity contribution in [1.82, 2.24) is 5.32 Å². The second-order valence-corrected chi connectivity index (χ2v) is 5.63. The first-order valence-corrected chi connectivity index (χ1v) is 7.81. The van der Waals surface area contributed by atoms with E-state index in [1.807, 2.05) is 48.5 Å². The maximum atomic E-state index is 10.2. The molecular weight excluding hydrogens is 290 g/mol. The molecule has 0 fully saturated rings. The number of hydrogen-bond donors (Lipinski definition) is 2. The summed E-state index contributed by atoms with van der Waals surface area (Å²) in [5, 5.41) is 13.6. The number of ether oxygens (including phenoxy) is 2. The molecule has 0 aliphatic heterocycles. The smallest absolute Gasteiger partial charge is 0.160 e. The van der Waals surface area contributed by atoms with Crippen molar-refractivity contribution in [2.75, 3.05) is 20.8 Å². The molecule has 2 aromatic carbocycles. The van der Waals surface area contributed by atoms with Crippen molar-refractivity contribution in [2.24, 2.45) is 0 Å². The Kier molecular flexibility index (Phi) is 6.44. The summed E-state index contributed by atoms with van der Waals surface area (Å²) in [6, 6.07) is 15.9. The number of rotatable bonds is 8. The predicted molar refractivity (Wildman–Crippen MR) is 92.1 cm³/mol. The Balaban J connectivity index is 1.88. The van der Waals surface area contributed by atoms with Gasteiger partial charge in [0.1, 0.15) is 0 Å². The van der Waals surface area contributed by atoms with Crippen LogP contribution in [0.15, 0.2) is 48.5 Å². The summed E-state index contributed by atoms with van der Waals surface area (Å²) < 4.78 is 10.6. The van der Waals surface area contributed by atoms with Gasteiger partial charge in [0.25, 0.3) is 0 Å². The minimum atomic E-state index is -0.496. The molecule has 2 aromatic rings. The summed E-state index contributed by atoms with van der Waals surface area (Å²) in [5.41, 5.74) is 2.09. The van der Waals surface area contributed by atoms with Crippen molar-refractivity contribution in [2.45, 2.75) is 25.5 Å². The van der Waals surface area contributed by atoms with Crippen LogP contribution in [-0.4, -0.2) is 31.9 Å². The normalized spacial score (nSPS) is 13.4. The average molecular weight is 315 g/mol. The lowest BCUT2D eigenvalue weighted by molar-refractivity contribution is 0.170. The zero-order chi connectivity index (χ0) is 16.7. The Labute approximate surface area is 138 Å². The zero-order valence-electron chi connectivity index (χ0n) is 14.0. The molecule has 4 nitrogen and oxygen atoms in total. The van der Waals surface area contributed by atoms with Gasteiger partial charge in [-0.2, -0.15) is 0 Å². The highest BCUT2D eigenvalue weighted by Crippen LogP contribution is 2.28. The fourth-order valence-corrected chi connectivity index (χ4v) is 2.54. The highest BCUT2D eigenvalue weighted by molar-refractivity contribution is 5.43. The van der Waals surface area contributed by atoms with E-state index in [0.29, 0.717) is 6.54 Å². The van der Waals surface area contributed by atoms with Crippen LogP contribution in [0.5, 0.6) is 11.5 Å². The monoisotopic (exact) mass is 315 g/mol. The van der Waals surface area contributed by atoms with E-state index in [1.165, 1.54) is 0 Å². The second-order valence-electron chi connectivity index (χ2n) is 5.63. The lowest BCUT2D eigenvalue weighted by Gasteiger charge is -2.18. The number of nitrogens with one attached hydrogen (secondary N) is 1. The van der Waals surface area contributed by atoms with Gasteiger partial charge < -0.3 is 19.9 Å². The van der Waals surface area contributed by atoms with E-state index in [-0.39, 0.29) is 6.04 Å². The van der Waals surface area contributed by atoms with Crippen molar-refractivity contribution in [3.05, 3.63) is 59.7 Å². The van der Waals surface area contributed by atoms with Crippen LogP contribution in [0.2, 0.25) is 0 Å². The summed E-state index contributed by atoms with van der Waals surface area (Å²) in [7, 11) is 3.27. The van der Waals surface area contributed by atoms with E-state index >= 15 is 0 Å². The van der Waals surface area contributed by atoms with Crippen LogP contribution in [0.4, 0.5) is 0 Å². The molecule has 0 heterocycles. The summed E-state index contributed by atoms with van der Waals surface area (Å²) in [6.07, 6.45) is 0.353. The Morgan fingerprint density at radius 3 is 2.35 bits per heavy atom. The average Bonchev–Trinajstić information content (AvgIpc) is 2.60. The van der Waals surface area contributed by atoms with E-state index in [2.05, 4.69) is 12.2 Å². The number of aliphatic hydroxyl groups is 1. The van der Waals surface area contributed by atoms with E-state index < -0.39 is 6.10 Å². The molecule has 0 aliphatic carbocycles. The van der Waals surface area contributed by atoms with Crippen molar-refractivity contribution >= 4 is 0 Å². The predicted octanol–water partition coefficient (Wildman–Crippen LogP) is 2.96. The van der Waals surface area contributed by atoms with Crippen molar-refractivity contribution in [1.29, 1.82) is 0 Å². The van der Waals surface area contributed by atoms with Crippen LogP contribution in [0, 0.1) is 0 Å². The fraction of sp³-hybridized carbons (Fsp3) is 0.368. The van der Waals surface area contributed by atoms with Crippen LogP contribution >= 0.6 is 0 Å². The Morgan fingerprint density at radius 1 is 1.00 bits per heavy atom. The minimum Gasteiger partial charge on any atom is -0.493 e. The van der Waals surface area contributed by atoms with Gasteiger partial charge in [0.2, 0.25) is 0 Å². The van der Waals surface area contributed by atoms with Crippen molar-refractivity contribution in [3.8, 4) is 11.5 Å². The standard InChI is InChI=1S/C19H25NO3/c1-14(20-13-17(21)16-7-5-4-6-8-16)11-15-9-10-18(22-2)19(12-15)23-3/h4-10,12,14,17,20-21H,11,13H2,1-3H3. The molecule has 0 saturated heterocycles. The molecule has 2 unspecified atom stereocenters. The Bertz CT molecular complexity index is 601. The Hall–Kier alpha value is -2.04. The molecule has 0 radical (unpaired) electrons. The van der Waals surface area contributed by atoms with E-state index in [4.69, 9.17) is 9.47 Å². The van der Waals surface area contributed by atoms with E-state index in [1.54, 1.807) is 14.2 Å². The number of hydrogen-bond acceptors (Lipinski definition) is 4. The zero-order valence-corrected chi connectivity index (χ0v) is 14.0. The highest BCUT2D eigenvalue weighted by Gasteiger charge is 2.11. The number of aliphatic hydroxyl groups excluding tert-OH is 1. The topological polar surface area (TPSA) is 50.7 Å². The minimum absolute atomic E-state index is 0.242. The number of benzene rings is 2. The fourth-order valence-electron chi connectivity index (χ4n) is 2.54. The van der Waals surface area contributed by atoms with Gasteiger partial charge in [-0.3, -0.25) is 0 Å². The first kappa shape index (κ1) is 17.3. The summed E-state index contributed by atoms with van der Waals surface area (Å²) in [6.45, 7) is 2.63. The molecular formula is C19H25NO3. The second kappa shape index (κ2) is 8.56. The van der Waals surface area contributed by atoms with Crippen LogP contribution in [0.3, 0.4) is 0 Å². The van der Waals surface area contributed by atoms with E-state index in [0.717, 1.165) is 29.0 Å². The molecule has 4 heteroatoms. The summed E-state index contributed by atoms with van der Waals surface area (Å²) >= 11 is 0. The third-order valence-electron chi connectivity index (χ3n) is 3.83. The molecule has 0 aromatic heterocycles. The van der Waals surface area contributed by atoms with Gasteiger partial charge in [0.15, 0.2) is 11.5 Å². The summed E-state index contributed by atoms with van der Waals surface area (Å²) in [4.78, 5) is 0. The molecule has 2 N–H and O–H groups in total. The molecule has 0 bridgehead atoms. The SMILES string of the molecule is COc1ccc(CC(C)NCC(O)c2ccccc2)cc1OC.